The van der Waals surface area contributed by atoms with E-state index in [9.17, 15) is 9.59 Å². The Morgan fingerprint density at radius 2 is 1.90 bits per heavy atom. The molecule has 1 saturated heterocycles. The molecule has 1 fully saturated rings. The molecular weight excluding hydrogens is 256 g/mol. The number of urea groups is 1. The molecule has 6 heteroatoms. The van der Waals surface area contributed by atoms with Gasteiger partial charge in [-0.2, -0.15) is 0 Å². The van der Waals surface area contributed by atoms with Gasteiger partial charge in [0.1, 0.15) is 0 Å². The third-order valence-electron chi connectivity index (χ3n) is 3.64. The maximum atomic E-state index is 11.9. The molecule has 1 aromatic heterocycles. The molecule has 0 saturated carbocycles. The summed E-state index contributed by atoms with van der Waals surface area (Å²) in [6.07, 6.45) is 4.22. The summed E-state index contributed by atoms with van der Waals surface area (Å²) in [5.41, 5.74) is 5.29. The van der Waals surface area contributed by atoms with Gasteiger partial charge in [-0.3, -0.25) is 10.1 Å². The van der Waals surface area contributed by atoms with E-state index in [1.165, 1.54) is 0 Å². The zero-order chi connectivity index (χ0) is 14.8. The molecular formula is C14H22N4O2. The summed E-state index contributed by atoms with van der Waals surface area (Å²) in [5, 5.41) is 2.42. The van der Waals surface area contributed by atoms with Crippen molar-refractivity contribution in [2.45, 2.75) is 26.3 Å². The summed E-state index contributed by atoms with van der Waals surface area (Å²) in [7, 11) is 0. The molecule has 1 aliphatic heterocycles. The van der Waals surface area contributed by atoms with Gasteiger partial charge in [0.15, 0.2) is 0 Å². The van der Waals surface area contributed by atoms with Crippen LogP contribution in [0.5, 0.6) is 0 Å². The summed E-state index contributed by atoms with van der Waals surface area (Å²) in [6, 6.07) is 3.92. The van der Waals surface area contributed by atoms with Crippen molar-refractivity contribution < 1.29 is 9.59 Å². The Bertz CT molecular complexity index is 475. The summed E-state index contributed by atoms with van der Waals surface area (Å²) in [5.74, 6) is -0.269. The smallest absolute Gasteiger partial charge is 0.324 e. The molecule has 0 aromatic carbocycles. The first-order valence-corrected chi connectivity index (χ1v) is 6.82. The number of nitrogens with one attached hydrogen (secondary N) is 1. The Labute approximate surface area is 118 Å². The van der Waals surface area contributed by atoms with Crippen molar-refractivity contribution in [2.75, 3.05) is 19.6 Å². The van der Waals surface area contributed by atoms with Crippen molar-refractivity contribution in [1.82, 2.24) is 14.8 Å². The van der Waals surface area contributed by atoms with E-state index in [1.54, 1.807) is 4.90 Å². The zero-order valence-corrected chi connectivity index (χ0v) is 12.0. The topological polar surface area (TPSA) is 80.4 Å². The minimum absolute atomic E-state index is 0.254. The van der Waals surface area contributed by atoms with Crippen LogP contribution in [0.2, 0.25) is 0 Å². The van der Waals surface area contributed by atoms with E-state index in [4.69, 9.17) is 5.73 Å². The molecule has 110 valence electrons. The van der Waals surface area contributed by atoms with E-state index in [1.807, 2.05) is 38.4 Å². The monoisotopic (exact) mass is 278 g/mol. The SMILES string of the molecule is CC(C)(CN)CC(=O)NC(=O)N1CC(n2cccc2)C1. The fourth-order valence-electron chi connectivity index (χ4n) is 2.15. The highest BCUT2D eigenvalue weighted by atomic mass is 16.2. The van der Waals surface area contributed by atoms with Gasteiger partial charge >= 0.3 is 6.03 Å². The Hall–Kier alpha value is -1.82. The van der Waals surface area contributed by atoms with Crippen molar-refractivity contribution in [3.8, 4) is 0 Å². The Balaban J connectivity index is 1.76. The highest BCUT2D eigenvalue weighted by molar-refractivity contribution is 5.94. The van der Waals surface area contributed by atoms with E-state index in [0.29, 0.717) is 25.7 Å². The molecule has 20 heavy (non-hydrogen) atoms. The number of carbonyl (C=O) groups is 2. The van der Waals surface area contributed by atoms with Crippen LogP contribution in [0.25, 0.3) is 0 Å². The third kappa shape index (κ3) is 3.39. The van der Waals surface area contributed by atoms with E-state index >= 15 is 0 Å². The first kappa shape index (κ1) is 14.6. The van der Waals surface area contributed by atoms with Crippen LogP contribution in [0.15, 0.2) is 24.5 Å². The number of nitrogens with zero attached hydrogens (tertiary/aromatic N) is 2. The second-order valence-corrected chi connectivity index (χ2v) is 6.09. The summed E-state index contributed by atoms with van der Waals surface area (Å²) in [4.78, 5) is 25.3. The second-order valence-electron chi connectivity index (χ2n) is 6.09. The lowest BCUT2D eigenvalue weighted by Gasteiger charge is -2.39. The van der Waals surface area contributed by atoms with Crippen LogP contribution in [0.3, 0.4) is 0 Å². The molecule has 0 aliphatic carbocycles. The number of hydrogen-bond donors (Lipinski definition) is 2. The number of carbonyl (C=O) groups excluding carboxylic acids is 2. The highest BCUT2D eigenvalue weighted by Crippen LogP contribution is 2.21. The lowest BCUT2D eigenvalue weighted by Crippen LogP contribution is -2.55. The van der Waals surface area contributed by atoms with E-state index < -0.39 is 0 Å². The van der Waals surface area contributed by atoms with Gasteiger partial charge in [-0.25, -0.2) is 4.79 Å². The standard InChI is InChI=1S/C14H22N4O2/c1-14(2,10-15)7-12(19)16-13(20)18-8-11(9-18)17-5-3-4-6-17/h3-6,11H,7-10,15H2,1-2H3,(H,16,19,20). The Kier molecular flexibility index (Phi) is 4.13. The average molecular weight is 278 g/mol. The highest BCUT2D eigenvalue weighted by Gasteiger charge is 2.32. The van der Waals surface area contributed by atoms with Crippen LogP contribution < -0.4 is 11.1 Å². The molecule has 2 rings (SSSR count). The molecule has 0 spiro atoms. The third-order valence-corrected chi connectivity index (χ3v) is 3.64. The minimum Gasteiger partial charge on any atom is -0.348 e. The molecule has 3 N–H and O–H groups in total. The van der Waals surface area contributed by atoms with Gasteiger partial charge < -0.3 is 15.2 Å². The van der Waals surface area contributed by atoms with Gasteiger partial charge in [-0.1, -0.05) is 13.8 Å². The first-order valence-electron chi connectivity index (χ1n) is 6.82. The largest absolute Gasteiger partial charge is 0.348 e. The van der Waals surface area contributed by atoms with E-state index in [-0.39, 0.29) is 23.8 Å². The average Bonchev–Trinajstić information content (AvgIpc) is 2.79. The van der Waals surface area contributed by atoms with Gasteiger partial charge in [-0.15, -0.1) is 0 Å². The minimum atomic E-state index is -0.314. The Morgan fingerprint density at radius 3 is 2.45 bits per heavy atom. The van der Waals surface area contributed by atoms with Crippen LogP contribution in [0.4, 0.5) is 4.79 Å². The van der Waals surface area contributed by atoms with Crippen molar-refractivity contribution in [3.63, 3.8) is 0 Å². The van der Waals surface area contributed by atoms with Crippen molar-refractivity contribution >= 4 is 11.9 Å². The number of likely N-dealkylation sites (tertiary alicyclic amines) is 1. The van der Waals surface area contributed by atoms with E-state index in [0.717, 1.165) is 0 Å². The molecule has 0 radical (unpaired) electrons. The second kappa shape index (κ2) is 5.66. The normalized spacial score (nSPS) is 15.8. The maximum absolute atomic E-state index is 11.9. The fraction of sp³-hybridized carbons (Fsp3) is 0.571. The van der Waals surface area contributed by atoms with Gasteiger partial charge in [0.25, 0.3) is 0 Å². The van der Waals surface area contributed by atoms with Crippen LogP contribution in [-0.4, -0.2) is 41.0 Å². The molecule has 3 amide bonds. The molecule has 0 unspecified atom stereocenters. The number of rotatable bonds is 4. The fourth-order valence-corrected chi connectivity index (χ4v) is 2.15. The molecule has 0 bridgehead atoms. The molecule has 6 nitrogen and oxygen atoms in total. The van der Waals surface area contributed by atoms with Crippen molar-refractivity contribution in [3.05, 3.63) is 24.5 Å². The maximum Gasteiger partial charge on any atom is 0.324 e. The summed E-state index contributed by atoms with van der Waals surface area (Å²) >= 11 is 0. The number of hydrogen-bond acceptors (Lipinski definition) is 3. The number of nitrogens with two attached hydrogens (primary N) is 1. The van der Waals surface area contributed by atoms with Gasteiger partial charge in [0.2, 0.25) is 5.91 Å². The summed E-state index contributed by atoms with van der Waals surface area (Å²) in [6.45, 7) is 5.49. The van der Waals surface area contributed by atoms with Crippen LogP contribution in [0, 0.1) is 5.41 Å². The number of amides is 3. The summed E-state index contributed by atoms with van der Waals surface area (Å²) < 4.78 is 2.07. The Morgan fingerprint density at radius 1 is 1.30 bits per heavy atom. The zero-order valence-electron chi connectivity index (χ0n) is 12.0. The molecule has 2 heterocycles. The van der Waals surface area contributed by atoms with Crippen LogP contribution in [0.1, 0.15) is 26.3 Å². The quantitative estimate of drug-likeness (QED) is 0.860. The van der Waals surface area contributed by atoms with Gasteiger partial charge in [0.05, 0.1) is 6.04 Å². The van der Waals surface area contributed by atoms with Crippen molar-refractivity contribution in [2.24, 2.45) is 11.1 Å². The first-order chi connectivity index (χ1) is 9.41. The molecule has 0 atom stereocenters. The number of aromatic nitrogens is 1. The lowest BCUT2D eigenvalue weighted by molar-refractivity contribution is -0.122. The predicted molar refractivity (Wildman–Crippen MR) is 76.0 cm³/mol. The molecule has 1 aromatic rings. The van der Waals surface area contributed by atoms with Crippen molar-refractivity contribution in [1.29, 1.82) is 0 Å². The van der Waals surface area contributed by atoms with Crippen LogP contribution in [-0.2, 0) is 4.79 Å². The number of imide groups is 1. The van der Waals surface area contributed by atoms with Crippen LogP contribution >= 0.6 is 0 Å². The predicted octanol–water partition coefficient (Wildman–Crippen LogP) is 0.956. The van der Waals surface area contributed by atoms with Gasteiger partial charge in [-0.05, 0) is 24.1 Å². The molecule has 1 aliphatic rings. The lowest BCUT2D eigenvalue weighted by atomic mass is 9.89. The van der Waals surface area contributed by atoms with E-state index in [2.05, 4.69) is 9.88 Å². The van der Waals surface area contributed by atoms with Gasteiger partial charge in [0, 0.05) is 31.9 Å².